The van der Waals surface area contributed by atoms with Crippen LogP contribution in [0.5, 0.6) is 0 Å². The van der Waals surface area contributed by atoms with Crippen molar-refractivity contribution in [2.45, 2.75) is 109 Å². The van der Waals surface area contributed by atoms with Crippen LogP contribution < -0.4 is 0 Å². The minimum atomic E-state index is -4.50. The number of aliphatic hydroxyl groups excluding tert-OH is 1. The van der Waals surface area contributed by atoms with E-state index in [0.29, 0.717) is 6.42 Å². The second kappa shape index (κ2) is 23.6. The van der Waals surface area contributed by atoms with E-state index < -0.39 is 35.7 Å². The van der Waals surface area contributed by atoms with Crippen molar-refractivity contribution in [3.8, 4) is 0 Å². The third kappa shape index (κ3) is 28.5. The third-order valence-electron chi connectivity index (χ3n) is 5.33. The van der Waals surface area contributed by atoms with E-state index in [1.54, 1.807) is 0 Å². The molecule has 0 aliphatic heterocycles. The Morgan fingerprint density at radius 1 is 0.703 bits per heavy atom. The number of allylic oxidation sites excluding steroid dienone is 2. The van der Waals surface area contributed by atoms with Crippen molar-refractivity contribution in [3.63, 3.8) is 0 Å². The molecule has 0 saturated heterocycles. The highest BCUT2D eigenvalue weighted by Gasteiger charge is 2.41. The predicted octanol–water partition coefficient (Wildman–Crippen LogP) is 4.68. The van der Waals surface area contributed by atoms with Crippen LogP contribution in [0.2, 0.25) is 0 Å². The highest BCUT2D eigenvalue weighted by molar-refractivity contribution is 7.54. The number of esters is 1. The van der Waals surface area contributed by atoms with Gasteiger partial charge in [0.25, 0.3) is 0 Å². The Bertz CT molecular complexity index is 571. The lowest BCUT2D eigenvalue weighted by Crippen LogP contribution is -2.22. The number of carbonyl (C=O) groups is 1. The van der Waals surface area contributed by atoms with Crippen LogP contribution in [-0.4, -0.2) is 68.1 Å². The molecule has 1 unspecified atom stereocenters. The van der Waals surface area contributed by atoms with Gasteiger partial charge in [0.15, 0.2) is 0 Å². The van der Waals surface area contributed by atoms with Crippen molar-refractivity contribution in [2.75, 3.05) is 26.4 Å². The Labute approximate surface area is 223 Å². The van der Waals surface area contributed by atoms with E-state index in [-0.39, 0.29) is 25.6 Å². The molecule has 37 heavy (non-hydrogen) atoms. The fourth-order valence-electron chi connectivity index (χ4n) is 3.30. The summed E-state index contributed by atoms with van der Waals surface area (Å²) in [4.78, 5) is 56.9. The highest BCUT2D eigenvalue weighted by Crippen LogP contribution is 2.52. The molecule has 6 N–H and O–H groups in total. The lowest BCUT2D eigenvalue weighted by atomic mass is 10.1. The molecule has 1 atom stereocenters. The molecule has 0 amide bonds. The smallest absolute Gasteiger partial charge is 0.466 e. The van der Waals surface area contributed by atoms with Crippen molar-refractivity contribution in [2.24, 2.45) is 0 Å². The molecule has 0 heterocycles. The number of aliphatic hydroxyl groups is 1. The number of hydrogen-bond acceptors (Lipinski definition) is 11. The van der Waals surface area contributed by atoms with Crippen LogP contribution >= 0.6 is 16.3 Å². The van der Waals surface area contributed by atoms with E-state index in [1.807, 2.05) is 0 Å². The lowest BCUT2D eigenvalue weighted by Gasteiger charge is -2.12. The molecule has 0 aromatic carbocycles. The molecule has 220 valence electrons. The van der Waals surface area contributed by atoms with Crippen LogP contribution in [0.4, 0.5) is 0 Å². The fourth-order valence-corrected chi connectivity index (χ4v) is 4.48. The van der Waals surface area contributed by atoms with Crippen molar-refractivity contribution in [3.05, 3.63) is 12.2 Å². The maximum absolute atomic E-state index is 11.8. The molecule has 0 aliphatic carbocycles. The largest absolute Gasteiger partial charge is 0.570 e. The monoisotopic (exact) mass is 576 g/mol. The topological polar surface area (TPSA) is 175 Å². The number of carbonyl (C=O) groups excluding carboxylic acids is 1. The summed E-state index contributed by atoms with van der Waals surface area (Å²) in [6.07, 6.45) is 19.1. The molecular formula is C24H50O11P2+2. The van der Waals surface area contributed by atoms with Gasteiger partial charge in [0.1, 0.15) is 25.9 Å². The second-order valence-electron chi connectivity index (χ2n) is 8.99. The molecule has 11 nitrogen and oxygen atoms in total. The van der Waals surface area contributed by atoms with Crippen molar-refractivity contribution in [1.82, 2.24) is 0 Å². The Morgan fingerprint density at radius 3 is 1.84 bits per heavy atom. The van der Waals surface area contributed by atoms with Gasteiger partial charge in [-0.05, 0) is 32.1 Å². The van der Waals surface area contributed by atoms with Crippen molar-refractivity contribution < 1.29 is 52.7 Å². The van der Waals surface area contributed by atoms with Crippen LogP contribution in [-0.2, 0) is 23.1 Å². The Hall–Kier alpha value is -0.290. The summed E-state index contributed by atoms with van der Waals surface area (Å²) in [6, 6.07) is 0. The molecule has 0 aliphatic rings. The molecule has 13 heteroatoms. The molecule has 0 spiro atoms. The first-order valence-electron chi connectivity index (χ1n) is 13.4. The number of ether oxygens (including phenoxy) is 1. The van der Waals surface area contributed by atoms with Gasteiger partial charge in [-0.15, -0.1) is 0 Å². The average molecular weight is 577 g/mol. The number of unbranched alkanes of at least 4 members (excludes halogenated alkanes) is 11. The molecular weight excluding hydrogens is 526 g/mol. The van der Waals surface area contributed by atoms with Crippen molar-refractivity contribution in [1.29, 1.82) is 0 Å². The van der Waals surface area contributed by atoms with Gasteiger partial charge in [0, 0.05) is 12.8 Å². The standard InChI is InChI=1S/C24H50O11P2/c1-2-3-4-5-6-7-8-9-10-11-12-13-14-15-16-18-24(26)32-19-17-20-33-37(30,31)35-22-23(25)21-34-36(27,28)29/h7-8,23,25,27-31H,2-6,9-22H2,1H3/q+2/b8-7-. The number of rotatable bonds is 26. The van der Waals surface area contributed by atoms with Crippen LogP contribution in [0.25, 0.3) is 0 Å². The van der Waals surface area contributed by atoms with Crippen LogP contribution in [0.3, 0.4) is 0 Å². The molecule has 0 rings (SSSR count). The summed E-state index contributed by atoms with van der Waals surface area (Å²) in [5.74, 6) is -0.300. The van der Waals surface area contributed by atoms with Gasteiger partial charge in [-0.2, -0.15) is 38.0 Å². The molecule has 0 bridgehead atoms. The Morgan fingerprint density at radius 2 is 1.24 bits per heavy atom. The van der Waals surface area contributed by atoms with E-state index in [1.165, 1.54) is 64.2 Å². The summed E-state index contributed by atoms with van der Waals surface area (Å²) in [7, 11) is -8.71. The lowest BCUT2D eigenvalue weighted by molar-refractivity contribution is -0.144. The first kappa shape index (κ1) is 36.7. The molecule has 0 aromatic rings. The third-order valence-corrected chi connectivity index (χ3v) is 6.83. The Balaban J connectivity index is 3.52. The number of hydrogen-bond donors (Lipinski definition) is 6. The van der Waals surface area contributed by atoms with Gasteiger partial charge < -0.3 is 9.84 Å². The molecule has 0 radical (unpaired) electrons. The summed E-state index contributed by atoms with van der Waals surface area (Å²) in [5, 5.41) is 9.47. The van der Waals surface area contributed by atoms with Crippen LogP contribution in [0, 0.1) is 0 Å². The zero-order valence-corrected chi connectivity index (χ0v) is 24.1. The summed E-state index contributed by atoms with van der Waals surface area (Å²) >= 11 is 0. The summed E-state index contributed by atoms with van der Waals surface area (Å²) in [6.45, 7) is 0.830. The maximum Gasteiger partial charge on any atom is 0.570 e. The minimum Gasteiger partial charge on any atom is -0.466 e. The zero-order valence-electron chi connectivity index (χ0n) is 22.3. The predicted molar refractivity (Wildman–Crippen MR) is 144 cm³/mol. The van der Waals surface area contributed by atoms with E-state index in [0.717, 1.165) is 19.3 Å². The quantitative estimate of drug-likeness (QED) is 0.0365. The molecule has 0 aromatic heterocycles. The van der Waals surface area contributed by atoms with Gasteiger partial charge in [-0.1, -0.05) is 70.4 Å². The van der Waals surface area contributed by atoms with E-state index in [4.69, 9.17) is 23.9 Å². The van der Waals surface area contributed by atoms with Gasteiger partial charge in [0.2, 0.25) is 0 Å². The van der Waals surface area contributed by atoms with Crippen LogP contribution in [0.15, 0.2) is 12.2 Å². The van der Waals surface area contributed by atoms with Gasteiger partial charge in [-0.25, -0.2) is 0 Å². The normalized spacial score (nSPS) is 13.4. The summed E-state index contributed by atoms with van der Waals surface area (Å²) in [5.41, 5.74) is 0. The highest BCUT2D eigenvalue weighted by atomic mass is 31.2. The van der Waals surface area contributed by atoms with Crippen molar-refractivity contribution >= 4 is 22.3 Å². The SMILES string of the molecule is CCCCCC/C=C\CCCCCCCCCC(=O)OCCCO[P+](O)(O)OCC(O)CO[P+](O)(O)O. The minimum absolute atomic E-state index is 0.0672. The Kier molecular flexibility index (Phi) is 23.4. The van der Waals surface area contributed by atoms with Gasteiger partial charge >= 0.3 is 22.3 Å². The molecule has 0 saturated carbocycles. The maximum atomic E-state index is 11.8. The van der Waals surface area contributed by atoms with E-state index in [2.05, 4.69) is 28.1 Å². The zero-order chi connectivity index (χ0) is 27.8. The fraction of sp³-hybridized carbons (Fsp3) is 0.875. The van der Waals surface area contributed by atoms with Gasteiger partial charge in [-0.3, -0.25) is 4.79 Å². The van der Waals surface area contributed by atoms with Gasteiger partial charge in [0.05, 0.1) is 6.61 Å². The molecule has 0 fully saturated rings. The average Bonchev–Trinajstić information content (AvgIpc) is 2.83. The second-order valence-corrected chi connectivity index (χ2v) is 11.8. The van der Waals surface area contributed by atoms with Crippen LogP contribution in [0.1, 0.15) is 103 Å². The van der Waals surface area contributed by atoms with E-state index >= 15 is 0 Å². The summed E-state index contributed by atoms with van der Waals surface area (Å²) < 4.78 is 18.7. The van der Waals surface area contributed by atoms with E-state index in [9.17, 15) is 19.7 Å². The first-order valence-corrected chi connectivity index (χ1v) is 16.5. The first-order chi connectivity index (χ1) is 17.6.